The maximum absolute atomic E-state index is 13.1. The summed E-state index contributed by atoms with van der Waals surface area (Å²) in [5.41, 5.74) is 3.70. The molecule has 3 atom stereocenters. The third-order valence-electron chi connectivity index (χ3n) is 7.44. The van der Waals surface area contributed by atoms with E-state index in [1.165, 1.54) is 0 Å². The summed E-state index contributed by atoms with van der Waals surface area (Å²) in [6, 6.07) is 15.4. The van der Waals surface area contributed by atoms with E-state index in [4.69, 9.17) is 4.74 Å². The van der Waals surface area contributed by atoms with Gasteiger partial charge in [-0.15, -0.1) is 0 Å². The molecular formula is C28H34N2O5. The first-order valence-corrected chi connectivity index (χ1v) is 12.5. The molecule has 186 valence electrons. The summed E-state index contributed by atoms with van der Waals surface area (Å²) >= 11 is 0. The van der Waals surface area contributed by atoms with E-state index in [0.29, 0.717) is 25.7 Å². The van der Waals surface area contributed by atoms with E-state index in [9.17, 15) is 19.5 Å². The molecule has 2 aliphatic rings. The highest BCUT2D eigenvalue weighted by Gasteiger charge is 2.43. The molecule has 7 nitrogen and oxygen atoms in total. The average molecular weight is 479 g/mol. The number of ether oxygens (including phenoxy) is 1. The molecule has 2 aromatic carbocycles. The zero-order valence-electron chi connectivity index (χ0n) is 20.4. The Morgan fingerprint density at radius 3 is 2.29 bits per heavy atom. The molecule has 0 heterocycles. The zero-order chi connectivity index (χ0) is 25.0. The monoisotopic (exact) mass is 478 g/mol. The van der Waals surface area contributed by atoms with Gasteiger partial charge in [0.05, 0.1) is 11.5 Å². The van der Waals surface area contributed by atoms with Crippen molar-refractivity contribution in [2.24, 2.45) is 5.92 Å². The highest BCUT2D eigenvalue weighted by molar-refractivity contribution is 5.87. The minimum atomic E-state index is -0.899. The van der Waals surface area contributed by atoms with Crippen molar-refractivity contribution in [2.75, 3.05) is 6.61 Å². The molecule has 2 aromatic rings. The average Bonchev–Trinajstić information content (AvgIpc) is 3.16. The van der Waals surface area contributed by atoms with Crippen molar-refractivity contribution >= 4 is 18.0 Å². The molecule has 0 aromatic heterocycles. The van der Waals surface area contributed by atoms with E-state index in [1.54, 1.807) is 6.92 Å². The van der Waals surface area contributed by atoms with E-state index in [-0.39, 0.29) is 18.4 Å². The Labute approximate surface area is 206 Å². The van der Waals surface area contributed by atoms with Crippen LogP contribution in [0.1, 0.15) is 69.4 Å². The van der Waals surface area contributed by atoms with Gasteiger partial charge in [0, 0.05) is 5.92 Å². The van der Waals surface area contributed by atoms with Gasteiger partial charge in [-0.3, -0.25) is 9.59 Å². The van der Waals surface area contributed by atoms with Gasteiger partial charge in [0.2, 0.25) is 5.91 Å². The van der Waals surface area contributed by atoms with Gasteiger partial charge in [0.15, 0.2) is 0 Å². The van der Waals surface area contributed by atoms with Crippen LogP contribution < -0.4 is 10.6 Å². The molecule has 4 rings (SSSR count). The predicted octanol–water partition coefficient (Wildman–Crippen LogP) is 4.84. The van der Waals surface area contributed by atoms with Crippen LogP contribution in [0.2, 0.25) is 0 Å². The van der Waals surface area contributed by atoms with Crippen LogP contribution in [0, 0.1) is 5.92 Å². The number of hydrogen-bond acceptors (Lipinski definition) is 4. The van der Waals surface area contributed by atoms with E-state index < -0.39 is 29.6 Å². The number of carboxylic acids is 1. The molecule has 0 spiro atoms. The summed E-state index contributed by atoms with van der Waals surface area (Å²) in [5.74, 6) is -1.97. The van der Waals surface area contributed by atoms with Gasteiger partial charge in [-0.2, -0.15) is 0 Å². The van der Waals surface area contributed by atoms with Crippen LogP contribution >= 0.6 is 0 Å². The second kappa shape index (κ2) is 10.5. The summed E-state index contributed by atoms with van der Waals surface area (Å²) in [6.45, 7) is 3.89. The molecule has 0 radical (unpaired) electrons. The number of carbonyl (C=O) groups is 3. The second-order valence-corrected chi connectivity index (χ2v) is 9.85. The summed E-state index contributed by atoms with van der Waals surface area (Å²) in [4.78, 5) is 37.6. The largest absolute Gasteiger partial charge is 0.481 e. The minimum Gasteiger partial charge on any atom is -0.481 e. The fourth-order valence-electron chi connectivity index (χ4n) is 5.59. The second-order valence-electron chi connectivity index (χ2n) is 9.85. The normalized spacial score (nSPS) is 21.9. The molecular weight excluding hydrogens is 444 g/mol. The predicted molar refractivity (Wildman–Crippen MR) is 133 cm³/mol. The van der Waals surface area contributed by atoms with Crippen molar-refractivity contribution < 1.29 is 24.2 Å². The smallest absolute Gasteiger partial charge is 0.407 e. The van der Waals surface area contributed by atoms with Crippen molar-refractivity contribution in [1.82, 2.24) is 10.6 Å². The van der Waals surface area contributed by atoms with E-state index >= 15 is 0 Å². The number of fused-ring (bicyclic) bond motifs is 3. The molecule has 0 aliphatic heterocycles. The molecule has 1 saturated carbocycles. The Morgan fingerprint density at radius 2 is 1.69 bits per heavy atom. The quantitative estimate of drug-likeness (QED) is 0.503. The van der Waals surface area contributed by atoms with Crippen LogP contribution in [-0.2, 0) is 14.3 Å². The molecule has 35 heavy (non-hydrogen) atoms. The fraction of sp³-hybridized carbons (Fsp3) is 0.464. The van der Waals surface area contributed by atoms with Gasteiger partial charge >= 0.3 is 12.1 Å². The van der Waals surface area contributed by atoms with Crippen molar-refractivity contribution in [3.63, 3.8) is 0 Å². The topological polar surface area (TPSA) is 105 Å². The van der Waals surface area contributed by atoms with E-state index in [0.717, 1.165) is 35.1 Å². The number of carbonyl (C=O) groups excluding carboxylic acids is 2. The lowest BCUT2D eigenvalue weighted by Crippen LogP contribution is -2.59. The summed E-state index contributed by atoms with van der Waals surface area (Å²) in [5, 5.41) is 15.3. The molecule has 0 saturated heterocycles. The number of alkyl carbamates (subject to hydrolysis) is 1. The first-order valence-electron chi connectivity index (χ1n) is 12.5. The Balaban J connectivity index is 1.41. The third-order valence-corrected chi connectivity index (χ3v) is 7.44. The summed E-state index contributed by atoms with van der Waals surface area (Å²) in [7, 11) is 0. The number of nitrogens with one attached hydrogen (secondary N) is 2. The molecule has 3 N–H and O–H groups in total. The molecule has 2 aliphatic carbocycles. The number of benzene rings is 2. The maximum Gasteiger partial charge on any atom is 0.407 e. The van der Waals surface area contributed by atoms with Gasteiger partial charge < -0.3 is 20.5 Å². The van der Waals surface area contributed by atoms with Crippen LogP contribution in [0.5, 0.6) is 0 Å². The zero-order valence-corrected chi connectivity index (χ0v) is 20.4. The number of amides is 2. The Bertz CT molecular complexity index is 1050. The molecule has 0 bridgehead atoms. The van der Waals surface area contributed by atoms with Gasteiger partial charge in [0.25, 0.3) is 0 Å². The van der Waals surface area contributed by atoms with E-state index in [2.05, 4.69) is 34.9 Å². The van der Waals surface area contributed by atoms with Crippen molar-refractivity contribution in [1.29, 1.82) is 0 Å². The standard InChI is InChI=1S/C28H34N2O5/c1-3-10-24(25(31)30-28(2)16-9-8-15-23(28)26(32)33)29-27(34)35-17-22-20-13-6-4-11-18(20)19-12-5-7-14-21(19)22/h4-7,11-14,22-24H,3,8-10,15-17H2,1-2H3,(H,29,34)(H,30,31)(H,32,33). The van der Waals surface area contributed by atoms with Gasteiger partial charge in [-0.05, 0) is 48.4 Å². The lowest BCUT2D eigenvalue weighted by Gasteiger charge is -2.40. The first kappa shape index (κ1) is 24.8. The Kier molecular flexibility index (Phi) is 7.43. The van der Waals surface area contributed by atoms with E-state index in [1.807, 2.05) is 31.2 Å². The van der Waals surface area contributed by atoms with Crippen LogP contribution in [0.3, 0.4) is 0 Å². The van der Waals surface area contributed by atoms with Gasteiger partial charge in [0.1, 0.15) is 12.6 Å². The lowest BCUT2D eigenvalue weighted by atomic mass is 9.73. The fourth-order valence-corrected chi connectivity index (χ4v) is 5.59. The molecule has 2 amide bonds. The Hall–Kier alpha value is -3.35. The highest BCUT2D eigenvalue weighted by Crippen LogP contribution is 2.44. The van der Waals surface area contributed by atoms with Crippen LogP contribution in [0.15, 0.2) is 48.5 Å². The summed E-state index contributed by atoms with van der Waals surface area (Å²) in [6.07, 6.45) is 3.29. The minimum absolute atomic E-state index is 0.0657. The number of hydrogen-bond donors (Lipinski definition) is 3. The van der Waals surface area contributed by atoms with Gasteiger partial charge in [-0.1, -0.05) is 74.7 Å². The number of carboxylic acid groups (broad SMARTS) is 1. The first-order chi connectivity index (χ1) is 16.8. The van der Waals surface area contributed by atoms with Crippen LogP contribution in [-0.4, -0.2) is 41.3 Å². The number of rotatable bonds is 8. The lowest BCUT2D eigenvalue weighted by molar-refractivity contribution is -0.147. The van der Waals surface area contributed by atoms with Crippen molar-refractivity contribution in [3.05, 3.63) is 59.7 Å². The van der Waals surface area contributed by atoms with Crippen molar-refractivity contribution in [3.8, 4) is 11.1 Å². The molecule has 3 unspecified atom stereocenters. The third kappa shape index (κ3) is 5.19. The van der Waals surface area contributed by atoms with Crippen LogP contribution in [0.25, 0.3) is 11.1 Å². The maximum atomic E-state index is 13.1. The number of aliphatic carboxylic acids is 1. The van der Waals surface area contributed by atoms with Crippen LogP contribution in [0.4, 0.5) is 4.79 Å². The molecule has 7 heteroatoms. The SMILES string of the molecule is CCCC(NC(=O)OCC1c2ccccc2-c2ccccc21)C(=O)NC1(C)CCCCC1C(=O)O. The highest BCUT2D eigenvalue weighted by atomic mass is 16.5. The van der Waals surface area contributed by atoms with Crippen molar-refractivity contribution in [2.45, 2.75) is 69.9 Å². The summed E-state index contributed by atoms with van der Waals surface area (Å²) < 4.78 is 5.62. The molecule has 1 fully saturated rings. The van der Waals surface area contributed by atoms with Gasteiger partial charge in [-0.25, -0.2) is 4.79 Å². The Morgan fingerprint density at radius 1 is 1.06 bits per heavy atom.